The van der Waals surface area contributed by atoms with Gasteiger partial charge in [-0.25, -0.2) is 27.2 Å². The number of benzene rings is 3. The molecule has 0 N–H and O–H groups in total. The first-order valence-electron chi connectivity index (χ1n) is 15.5. The highest BCUT2D eigenvalue weighted by atomic mass is 32.2. The summed E-state index contributed by atoms with van der Waals surface area (Å²) < 4.78 is 45.9. The van der Waals surface area contributed by atoms with Crippen molar-refractivity contribution in [2.75, 3.05) is 28.3 Å². The van der Waals surface area contributed by atoms with E-state index in [1.807, 2.05) is 30.3 Å². The third-order valence-electron chi connectivity index (χ3n) is 8.14. The van der Waals surface area contributed by atoms with E-state index in [9.17, 15) is 22.8 Å². The monoisotopic (exact) mass is 727 g/mol. The van der Waals surface area contributed by atoms with Gasteiger partial charge in [0.15, 0.2) is 16.3 Å². The highest BCUT2D eigenvalue weighted by Gasteiger charge is 2.34. The molecule has 5 aromatic rings. The molecule has 2 aromatic heterocycles. The molecule has 0 fully saturated rings. The number of fused-ring (bicyclic) bond motifs is 1. The number of aromatic nitrogens is 3. The van der Waals surface area contributed by atoms with Gasteiger partial charge in [-0.15, -0.1) is 0 Å². The molecule has 0 saturated carbocycles. The minimum Gasteiger partial charge on any atom is -0.493 e. The number of nitrogens with zero attached hydrogens (tertiary/aromatic N) is 5. The van der Waals surface area contributed by atoms with Crippen LogP contribution >= 0.6 is 11.3 Å². The Hall–Kier alpha value is -5.64. The topological polar surface area (TPSA) is 151 Å². The van der Waals surface area contributed by atoms with E-state index in [1.54, 1.807) is 48.1 Å². The van der Waals surface area contributed by atoms with Crippen molar-refractivity contribution in [1.82, 2.24) is 18.7 Å². The molecule has 0 bridgehead atoms. The van der Waals surface area contributed by atoms with Gasteiger partial charge in [-0.1, -0.05) is 47.7 Å². The van der Waals surface area contributed by atoms with Crippen LogP contribution in [0, 0.1) is 0 Å². The van der Waals surface area contributed by atoms with E-state index < -0.39 is 33.6 Å². The van der Waals surface area contributed by atoms with E-state index in [4.69, 9.17) is 19.3 Å². The molecule has 6 rings (SSSR count). The number of sulfonamides is 1. The van der Waals surface area contributed by atoms with Gasteiger partial charge in [-0.05, 0) is 55.0 Å². The Morgan fingerprint density at radius 3 is 2.31 bits per heavy atom. The van der Waals surface area contributed by atoms with Crippen molar-refractivity contribution in [3.05, 3.63) is 121 Å². The number of methoxy groups -OCH3 is 2. The van der Waals surface area contributed by atoms with Crippen LogP contribution in [0.3, 0.4) is 0 Å². The molecule has 0 amide bonds. The molecule has 0 spiro atoms. The molecule has 13 nitrogen and oxygen atoms in total. The first-order valence-corrected chi connectivity index (χ1v) is 17.7. The molecule has 3 aromatic carbocycles. The molecular formula is C36H33N5O8S2. The molecule has 1 aliphatic heterocycles. The molecule has 0 radical (unpaired) electrons. The summed E-state index contributed by atoms with van der Waals surface area (Å²) >= 11 is 1.14. The number of ether oxygens (including phenoxy) is 3. The van der Waals surface area contributed by atoms with Gasteiger partial charge >= 0.3 is 11.9 Å². The Balaban J connectivity index is 1.54. The fraction of sp³-hybridized carbons (Fsp3) is 0.194. The lowest BCUT2D eigenvalue weighted by Gasteiger charge is -2.25. The van der Waals surface area contributed by atoms with Gasteiger partial charge in [0.25, 0.3) is 5.56 Å². The standard InChI is InChI=1S/C36H33N5O8S2/c1-21-31(35(44)48-6)33(24-14-17-28(49-22(2)42)29(18-24)47-5)41-34(43)30(50-36(41)37-21)19-25-20-40(26-10-8-7-9-11-26)38-32(25)23-12-15-27(16-13-23)51(45,46)39(3)4/h7-20,33H,1-6H3/b30-19-. The molecule has 15 heteroatoms. The number of para-hydroxylation sites is 1. The summed E-state index contributed by atoms with van der Waals surface area (Å²) in [6, 6.07) is 19.6. The van der Waals surface area contributed by atoms with E-state index in [0.717, 1.165) is 21.3 Å². The first kappa shape index (κ1) is 35.2. The van der Waals surface area contributed by atoms with Crippen molar-refractivity contribution in [1.29, 1.82) is 0 Å². The Morgan fingerprint density at radius 1 is 0.980 bits per heavy atom. The van der Waals surface area contributed by atoms with Gasteiger partial charge in [0.1, 0.15) is 0 Å². The van der Waals surface area contributed by atoms with Crippen LogP contribution in [0.4, 0.5) is 0 Å². The lowest BCUT2D eigenvalue weighted by atomic mass is 9.95. The number of allylic oxidation sites excluding steroid dienone is 1. The van der Waals surface area contributed by atoms with Crippen molar-refractivity contribution in [3.63, 3.8) is 0 Å². The van der Waals surface area contributed by atoms with E-state index >= 15 is 0 Å². The second kappa shape index (κ2) is 13.9. The molecule has 1 aliphatic rings. The average molecular weight is 728 g/mol. The fourth-order valence-corrected chi connectivity index (χ4v) is 7.61. The summed E-state index contributed by atoms with van der Waals surface area (Å²) in [4.78, 5) is 44.4. The molecule has 0 aliphatic carbocycles. The molecule has 262 valence electrons. The van der Waals surface area contributed by atoms with Crippen LogP contribution in [0.2, 0.25) is 0 Å². The SMILES string of the molecule is COC(=O)C1=C(C)N=c2s/c(=C\c3cn(-c4ccccc4)nc3-c3ccc(S(=O)(=O)N(C)C)cc3)c(=O)n2C1c1ccc(OC(C)=O)c(OC)c1. The number of hydrogen-bond donors (Lipinski definition) is 0. The third-order valence-corrected chi connectivity index (χ3v) is 11.0. The van der Waals surface area contributed by atoms with E-state index in [2.05, 4.69) is 4.99 Å². The number of rotatable bonds is 9. The first-order chi connectivity index (χ1) is 24.3. The number of carbonyl (C=O) groups excluding carboxylic acids is 2. The normalized spacial score (nSPS) is 14.6. The number of hydrogen-bond acceptors (Lipinski definition) is 11. The van der Waals surface area contributed by atoms with E-state index in [-0.39, 0.29) is 22.0 Å². The van der Waals surface area contributed by atoms with Gasteiger partial charge < -0.3 is 14.2 Å². The highest BCUT2D eigenvalue weighted by molar-refractivity contribution is 7.89. The van der Waals surface area contributed by atoms with Gasteiger partial charge in [0.05, 0.1) is 52.3 Å². The van der Waals surface area contributed by atoms with Crippen molar-refractivity contribution in [2.24, 2.45) is 4.99 Å². The van der Waals surface area contributed by atoms with Gasteiger partial charge in [-0.2, -0.15) is 5.10 Å². The second-order valence-electron chi connectivity index (χ2n) is 11.6. The number of thiazole rings is 1. The van der Waals surface area contributed by atoms with Crippen LogP contribution in [0.15, 0.2) is 105 Å². The quantitative estimate of drug-likeness (QED) is 0.164. The Bertz CT molecular complexity index is 2500. The summed E-state index contributed by atoms with van der Waals surface area (Å²) in [5.41, 5.74) is 3.09. The van der Waals surface area contributed by atoms with E-state index in [0.29, 0.717) is 37.4 Å². The minimum absolute atomic E-state index is 0.128. The van der Waals surface area contributed by atoms with Gasteiger partial charge in [0.2, 0.25) is 10.0 Å². The highest BCUT2D eigenvalue weighted by Crippen LogP contribution is 2.36. The largest absolute Gasteiger partial charge is 0.493 e. The van der Waals surface area contributed by atoms with Crippen LogP contribution in [0.25, 0.3) is 23.0 Å². The zero-order valence-electron chi connectivity index (χ0n) is 28.5. The molecule has 0 saturated heterocycles. The van der Waals surface area contributed by atoms with Crippen molar-refractivity contribution < 1.29 is 32.2 Å². The Morgan fingerprint density at radius 2 is 1.69 bits per heavy atom. The van der Waals surface area contributed by atoms with Gasteiger partial charge in [0, 0.05) is 38.3 Å². The molecule has 1 unspecified atom stereocenters. The van der Waals surface area contributed by atoms with Crippen LogP contribution in [0.1, 0.15) is 31.0 Å². The fourth-order valence-electron chi connectivity index (χ4n) is 5.67. The smallest absolute Gasteiger partial charge is 0.338 e. The Labute approximate surface area is 297 Å². The maximum absolute atomic E-state index is 14.4. The molecular weight excluding hydrogens is 695 g/mol. The zero-order chi connectivity index (χ0) is 36.6. The zero-order valence-corrected chi connectivity index (χ0v) is 30.1. The Kier molecular flexibility index (Phi) is 9.62. The average Bonchev–Trinajstić information content (AvgIpc) is 3.67. The summed E-state index contributed by atoms with van der Waals surface area (Å²) in [5.74, 6) is -0.794. The van der Waals surface area contributed by atoms with Crippen molar-refractivity contribution in [3.8, 4) is 28.4 Å². The summed E-state index contributed by atoms with van der Waals surface area (Å²) in [6.07, 6.45) is 3.49. The van der Waals surface area contributed by atoms with Crippen molar-refractivity contribution in [2.45, 2.75) is 24.8 Å². The lowest BCUT2D eigenvalue weighted by Crippen LogP contribution is -2.39. The van der Waals surface area contributed by atoms with Crippen LogP contribution in [0.5, 0.6) is 11.5 Å². The predicted octanol–water partition coefficient (Wildman–Crippen LogP) is 3.45. The summed E-state index contributed by atoms with van der Waals surface area (Å²) in [5, 5.41) is 4.83. The number of esters is 2. The molecule has 1 atom stereocenters. The third kappa shape index (κ3) is 6.66. The van der Waals surface area contributed by atoms with E-state index in [1.165, 1.54) is 58.0 Å². The summed E-state index contributed by atoms with van der Waals surface area (Å²) in [6.45, 7) is 2.94. The summed E-state index contributed by atoms with van der Waals surface area (Å²) in [7, 11) is 1.95. The van der Waals surface area contributed by atoms with Gasteiger partial charge in [-0.3, -0.25) is 14.2 Å². The maximum Gasteiger partial charge on any atom is 0.338 e. The predicted molar refractivity (Wildman–Crippen MR) is 190 cm³/mol. The number of carbonyl (C=O) groups is 2. The molecule has 51 heavy (non-hydrogen) atoms. The maximum atomic E-state index is 14.4. The van der Waals surface area contributed by atoms with Crippen LogP contribution in [-0.2, 0) is 24.3 Å². The van der Waals surface area contributed by atoms with Crippen molar-refractivity contribution >= 4 is 39.4 Å². The lowest BCUT2D eigenvalue weighted by molar-refractivity contribution is -0.136. The molecule has 3 heterocycles. The van der Waals surface area contributed by atoms with Crippen LogP contribution in [-0.4, -0.2) is 67.3 Å². The minimum atomic E-state index is -3.66. The second-order valence-corrected chi connectivity index (χ2v) is 14.8. The van der Waals surface area contributed by atoms with Crippen LogP contribution < -0.4 is 24.4 Å².